The molecule has 1 N–H and O–H groups in total. The van der Waals surface area contributed by atoms with Gasteiger partial charge in [0.15, 0.2) is 0 Å². The van der Waals surface area contributed by atoms with E-state index >= 15 is 0 Å². The van der Waals surface area contributed by atoms with Crippen LogP contribution in [0.1, 0.15) is 63.5 Å². The van der Waals surface area contributed by atoms with Crippen LogP contribution in [0.25, 0.3) is 22.2 Å². The number of rotatable bonds is 7. The molecule has 2 unspecified atom stereocenters. The van der Waals surface area contributed by atoms with Gasteiger partial charge < -0.3 is 14.8 Å². The third-order valence-corrected chi connectivity index (χ3v) is 8.57. The molecule has 6 heteroatoms. The van der Waals surface area contributed by atoms with E-state index in [0.29, 0.717) is 12.1 Å². The third-order valence-electron chi connectivity index (χ3n) is 8.57. The van der Waals surface area contributed by atoms with Crippen molar-refractivity contribution in [2.75, 3.05) is 38.5 Å². The first-order valence-corrected chi connectivity index (χ1v) is 13.8. The molecule has 0 radical (unpaired) electrons. The molecule has 2 aliphatic carbocycles. The van der Waals surface area contributed by atoms with Crippen molar-refractivity contribution < 1.29 is 0 Å². The third kappa shape index (κ3) is 4.96. The smallest absolute Gasteiger partial charge is 0.224 e. The number of anilines is 1. The fourth-order valence-corrected chi connectivity index (χ4v) is 6.06. The normalized spacial score (nSPS) is 24.2. The molecule has 3 aromatic rings. The molecule has 35 heavy (non-hydrogen) atoms. The lowest BCUT2D eigenvalue weighted by Gasteiger charge is -2.32. The highest BCUT2D eigenvalue weighted by molar-refractivity contribution is 5.94. The lowest BCUT2D eigenvalue weighted by Crippen LogP contribution is -2.43. The van der Waals surface area contributed by atoms with Crippen molar-refractivity contribution in [3.63, 3.8) is 0 Å². The van der Waals surface area contributed by atoms with E-state index in [0.717, 1.165) is 50.2 Å². The van der Waals surface area contributed by atoms with Gasteiger partial charge in [0.1, 0.15) is 5.65 Å². The maximum atomic E-state index is 5.08. The Labute approximate surface area is 209 Å². The number of benzene rings is 1. The number of likely N-dealkylation sites (N-methyl/N-ethyl adjacent to an activating group) is 1. The van der Waals surface area contributed by atoms with Crippen LogP contribution in [0, 0.1) is 5.92 Å². The van der Waals surface area contributed by atoms with E-state index in [4.69, 9.17) is 9.97 Å². The zero-order chi connectivity index (χ0) is 23.8. The minimum atomic E-state index is 0.544. The van der Waals surface area contributed by atoms with E-state index in [1.807, 2.05) is 0 Å². The Kier molecular flexibility index (Phi) is 6.50. The van der Waals surface area contributed by atoms with Gasteiger partial charge in [0.25, 0.3) is 0 Å². The zero-order valence-electron chi connectivity index (χ0n) is 21.4. The molecule has 1 aliphatic heterocycles. The number of hydrogen-bond acceptors (Lipinski definition) is 5. The van der Waals surface area contributed by atoms with Gasteiger partial charge in [-0.05, 0) is 43.4 Å². The van der Waals surface area contributed by atoms with Crippen molar-refractivity contribution >= 4 is 17.0 Å². The van der Waals surface area contributed by atoms with Gasteiger partial charge in [0.05, 0.1) is 0 Å². The fraction of sp³-hybridized carbons (Fsp3) is 0.586. The Morgan fingerprint density at radius 3 is 2.49 bits per heavy atom. The lowest BCUT2D eigenvalue weighted by atomic mass is 9.95. The monoisotopic (exact) mass is 472 g/mol. The first-order valence-electron chi connectivity index (χ1n) is 13.8. The molecule has 0 bridgehead atoms. The van der Waals surface area contributed by atoms with Gasteiger partial charge in [0, 0.05) is 68.2 Å². The topological polar surface area (TPSA) is 49.2 Å². The molecule has 1 saturated heterocycles. The Bertz CT molecular complexity index is 1140. The summed E-state index contributed by atoms with van der Waals surface area (Å²) in [6.45, 7) is 7.94. The number of aromatic nitrogens is 3. The second-order valence-corrected chi connectivity index (χ2v) is 11.1. The van der Waals surface area contributed by atoms with E-state index in [9.17, 15) is 0 Å². The highest BCUT2D eigenvalue weighted by Gasteiger charge is 2.36. The van der Waals surface area contributed by atoms with Gasteiger partial charge in [-0.2, -0.15) is 4.98 Å². The molecule has 3 heterocycles. The minimum Gasteiger partial charge on any atom is -0.351 e. The molecule has 3 aliphatic rings. The van der Waals surface area contributed by atoms with Crippen molar-refractivity contribution in [2.45, 2.75) is 70.5 Å². The molecule has 2 aromatic heterocycles. The van der Waals surface area contributed by atoms with Gasteiger partial charge in [-0.1, -0.05) is 56.9 Å². The molecular formula is C29H40N6. The molecule has 3 fully saturated rings. The van der Waals surface area contributed by atoms with E-state index in [1.54, 1.807) is 0 Å². The molecule has 6 rings (SSSR count). The van der Waals surface area contributed by atoms with Crippen LogP contribution >= 0.6 is 0 Å². The van der Waals surface area contributed by atoms with Crippen LogP contribution in [0.4, 0.5) is 5.95 Å². The second-order valence-electron chi connectivity index (χ2n) is 11.1. The highest BCUT2D eigenvalue weighted by atomic mass is 15.2. The summed E-state index contributed by atoms with van der Waals surface area (Å²) in [7, 11) is 2.21. The van der Waals surface area contributed by atoms with Crippen LogP contribution in [0.15, 0.2) is 36.7 Å². The molecule has 6 nitrogen and oxygen atoms in total. The summed E-state index contributed by atoms with van der Waals surface area (Å²) < 4.78 is 2.47. The summed E-state index contributed by atoms with van der Waals surface area (Å²) in [5.41, 5.74) is 5.02. The predicted octanol–water partition coefficient (Wildman–Crippen LogP) is 5.56. The number of fused-ring (bicyclic) bond motifs is 1. The molecule has 0 amide bonds. The number of nitrogens with zero attached hydrogens (tertiary/aromatic N) is 5. The fourth-order valence-electron chi connectivity index (χ4n) is 6.06. The summed E-state index contributed by atoms with van der Waals surface area (Å²) in [5.74, 6) is 1.57. The predicted molar refractivity (Wildman–Crippen MR) is 144 cm³/mol. The highest BCUT2D eigenvalue weighted by Crippen LogP contribution is 2.38. The minimum absolute atomic E-state index is 0.544. The molecular weight excluding hydrogens is 432 g/mol. The number of hydrogen-bond donors (Lipinski definition) is 1. The first-order chi connectivity index (χ1) is 17.2. The van der Waals surface area contributed by atoms with Crippen molar-refractivity contribution in [1.29, 1.82) is 0 Å². The van der Waals surface area contributed by atoms with Gasteiger partial charge >= 0.3 is 0 Å². The van der Waals surface area contributed by atoms with Crippen LogP contribution in [0.5, 0.6) is 0 Å². The van der Waals surface area contributed by atoms with Gasteiger partial charge in [0.2, 0.25) is 5.95 Å². The summed E-state index contributed by atoms with van der Waals surface area (Å²) in [6, 6.07) is 10.3. The van der Waals surface area contributed by atoms with E-state index < -0.39 is 0 Å². The van der Waals surface area contributed by atoms with Crippen LogP contribution in [-0.2, 0) is 6.54 Å². The quantitative estimate of drug-likeness (QED) is 0.488. The second kappa shape index (κ2) is 9.90. The average Bonchev–Trinajstić information content (AvgIpc) is 3.55. The molecule has 2 atom stereocenters. The maximum absolute atomic E-state index is 5.08. The standard InChI is InChI=1S/C29H40N6/c1-3-22-17-27(22)31-29-30-18-25-26(20-35(28(25)32-29)24-7-5-4-6-8-24)23-11-9-21(10-12-23)19-34-15-13-33(2)14-16-34/h9-12,18,20,22,24,27H,3-8,13-17,19H2,1-2H3,(H,30,31,32). The van der Waals surface area contributed by atoms with E-state index in [1.165, 1.54) is 67.0 Å². The van der Waals surface area contributed by atoms with Crippen molar-refractivity contribution in [2.24, 2.45) is 5.92 Å². The Hall–Kier alpha value is -2.44. The Balaban J connectivity index is 1.28. The van der Waals surface area contributed by atoms with Gasteiger partial charge in [-0.15, -0.1) is 0 Å². The first kappa shape index (κ1) is 23.0. The molecule has 186 valence electrons. The molecule has 2 saturated carbocycles. The summed E-state index contributed by atoms with van der Waals surface area (Å²) in [6.07, 6.45) is 13.4. The van der Waals surface area contributed by atoms with Crippen LogP contribution in [0.2, 0.25) is 0 Å². The maximum Gasteiger partial charge on any atom is 0.224 e. The summed E-state index contributed by atoms with van der Waals surface area (Å²) in [4.78, 5) is 14.8. The van der Waals surface area contributed by atoms with Crippen molar-refractivity contribution in [3.05, 3.63) is 42.2 Å². The number of nitrogens with one attached hydrogen (secondary N) is 1. The molecule has 0 spiro atoms. The largest absolute Gasteiger partial charge is 0.351 e. The molecule has 1 aromatic carbocycles. The van der Waals surface area contributed by atoms with E-state index in [2.05, 4.69) is 70.3 Å². The van der Waals surface area contributed by atoms with Gasteiger partial charge in [-0.25, -0.2) is 4.98 Å². The number of piperazine rings is 1. The lowest BCUT2D eigenvalue weighted by molar-refractivity contribution is 0.148. The zero-order valence-corrected chi connectivity index (χ0v) is 21.4. The van der Waals surface area contributed by atoms with Crippen LogP contribution in [-0.4, -0.2) is 63.6 Å². The van der Waals surface area contributed by atoms with Crippen LogP contribution < -0.4 is 5.32 Å². The van der Waals surface area contributed by atoms with Crippen LogP contribution in [0.3, 0.4) is 0 Å². The SMILES string of the molecule is CCC1CC1Nc1ncc2c(-c3ccc(CN4CCN(C)CC4)cc3)cn(C3CCCCC3)c2n1. The Morgan fingerprint density at radius 2 is 1.77 bits per heavy atom. The van der Waals surface area contributed by atoms with Gasteiger partial charge in [-0.3, -0.25) is 4.90 Å². The van der Waals surface area contributed by atoms with E-state index in [-0.39, 0.29) is 0 Å². The Morgan fingerprint density at radius 1 is 1.00 bits per heavy atom. The van der Waals surface area contributed by atoms with Crippen molar-refractivity contribution in [3.8, 4) is 11.1 Å². The van der Waals surface area contributed by atoms with Crippen molar-refractivity contribution in [1.82, 2.24) is 24.3 Å². The average molecular weight is 473 g/mol. The summed E-state index contributed by atoms with van der Waals surface area (Å²) in [5, 5.41) is 4.77. The summed E-state index contributed by atoms with van der Waals surface area (Å²) >= 11 is 0.